The molecule has 1 rings (SSSR count). The number of anilines is 3. The third-order valence-electron chi connectivity index (χ3n) is 2.13. The first-order valence-electron chi connectivity index (χ1n) is 4.80. The zero-order chi connectivity index (χ0) is 11.3. The lowest BCUT2D eigenvalue weighted by Crippen LogP contribution is -2.23. The molecule has 0 bridgehead atoms. The molecule has 0 aliphatic heterocycles. The molecule has 0 spiro atoms. The fraction of sp³-hybridized carbons (Fsp3) is 0.167. The fourth-order valence-corrected chi connectivity index (χ4v) is 1.36. The van der Waals surface area contributed by atoms with Gasteiger partial charge in [-0.05, 0) is 18.2 Å². The summed E-state index contributed by atoms with van der Waals surface area (Å²) in [4.78, 5) is 2.11. The van der Waals surface area contributed by atoms with Gasteiger partial charge in [0.15, 0.2) is 0 Å². The van der Waals surface area contributed by atoms with Gasteiger partial charge in [0.2, 0.25) is 0 Å². The summed E-state index contributed by atoms with van der Waals surface area (Å²) in [5.74, 6) is 0. The Bertz CT molecular complexity index is 348. The third kappa shape index (κ3) is 2.77. The molecule has 1 aromatic carbocycles. The van der Waals surface area contributed by atoms with Gasteiger partial charge in [0, 0.05) is 18.8 Å². The van der Waals surface area contributed by atoms with Gasteiger partial charge in [-0.1, -0.05) is 12.2 Å². The van der Waals surface area contributed by atoms with Crippen molar-refractivity contribution < 1.29 is 0 Å². The summed E-state index contributed by atoms with van der Waals surface area (Å²) < 4.78 is 0. The zero-order valence-electron chi connectivity index (χ0n) is 8.82. The molecular formula is C12H17N3. The molecule has 0 atom stereocenters. The van der Waals surface area contributed by atoms with Crippen LogP contribution in [0.3, 0.4) is 0 Å². The van der Waals surface area contributed by atoms with Gasteiger partial charge in [-0.2, -0.15) is 0 Å². The first kappa shape index (κ1) is 11.2. The second-order valence-electron chi connectivity index (χ2n) is 3.30. The summed E-state index contributed by atoms with van der Waals surface area (Å²) in [6, 6.07) is 5.62. The Balaban J connectivity index is 2.94. The Hall–Kier alpha value is -1.90. The van der Waals surface area contributed by atoms with Crippen molar-refractivity contribution in [2.45, 2.75) is 0 Å². The van der Waals surface area contributed by atoms with Gasteiger partial charge in [-0.3, -0.25) is 0 Å². The number of nitrogens with two attached hydrogens (primary N) is 2. The quantitative estimate of drug-likeness (QED) is 0.568. The Morgan fingerprint density at radius 3 is 2.13 bits per heavy atom. The van der Waals surface area contributed by atoms with E-state index in [1.165, 1.54) is 0 Å². The number of nitrogens with zero attached hydrogens (tertiary/aromatic N) is 1. The molecule has 0 unspecified atom stereocenters. The van der Waals surface area contributed by atoms with Gasteiger partial charge in [0.25, 0.3) is 0 Å². The highest BCUT2D eigenvalue weighted by Gasteiger charge is 2.04. The fourth-order valence-electron chi connectivity index (χ4n) is 1.36. The third-order valence-corrected chi connectivity index (χ3v) is 2.13. The number of hydrogen-bond acceptors (Lipinski definition) is 3. The number of benzene rings is 1. The Morgan fingerprint density at radius 2 is 1.67 bits per heavy atom. The monoisotopic (exact) mass is 203 g/mol. The standard InChI is InChI=1S/C12H17N3/c1-3-7-15(8-4-2)10-5-6-11(13)12(14)9-10/h3-6,9H,1-2,7-8,13-14H2. The normalized spacial score (nSPS) is 9.60. The van der Waals surface area contributed by atoms with E-state index in [4.69, 9.17) is 11.5 Å². The molecule has 15 heavy (non-hydrogen) atoms. The summed E-state index contributed by atoms with van der Waals surface area (Å²) >= 11 is 0. The predicted octanol–water partition coefficient (Wildman–Crippen LogP) is 2.03. The predicted molar refractivity (Wildman–Crippen MR) is 67.9 cm³/mol. The van der Waals surface area contributed by atoms with Crippen molar-refractivity contribution in [2.75, 3.05) is 29.5 Å². The van der Waals surface area contributed by atoms with E-state index in [1.807, 2.05) is 30.4 Å². The molecule has 80 valence electrons. The van der Waals surface area contributed by atoms with Gasteiger partial charge in [0.1, 0.15) is 0 Å². The van der Waals surface area contributed by atoms with Crippen LogP contribution in [-0.2, 0) is 0 Å². The molecule has 4 N–H and O–H groups in total. The first-order valence-corrected chi connectivity index (χ1v) is 4.80. The van der Waals surface area contributed by atoms with Gasteiger partial charge in [-0.15, -0.1) is 13.2 Å². The molecule has 3 nitrogen and oxygen atoms in total. The van der Waals surface area contributed by atoms with Gasteiger partial charge < -0.3 is 16.4 Å². The average molecular weight is 203 g/mol. The topological polar surface area (TPSA) is 55.3 Å². The van der Waals surface area contributed by atoms with Crippen LogP contribution in [0.5, 0.6) is 0 Å². The number of nitrogen functional groups attached to an aromatic ring is 2. The van der Waals surface area contributed by atoms with E-state index in [1.54, 1.807) is 0 Å². The van der Waals surface area contributed by atoms with Crippen molar-refractivity contribution >= 4 is 17.1 Å². The van der Waals surface area contributed by atoms with E-state index < -0.39 is 0 Å². The Labute approximate surface area is 90.7 Å². The van der Waals surface area contributed by atoms with Crippen molar-refractivity contribution in [3.63, 3.8) is 0 Å². The Kier molecular flexibility index (Phi) is 3.80. The maximum Gasteiger partial charge on any atom is 0.0568 e. The first-order chi connectivity index (χ1) is 7.19. The van der Waals surface area contributed by atoms with Crippen LogP contribution < -0.4 is 16.4 Å². The highest BCUT2D eigenvalue weighted by molar-refractivity contribution is 5.70. The zero-order valence-corrected chi connectivity index (χ0v) is 8.82. The smallest absolute Gasteiger partial charge is 0.0568 e. The molecule has 0 aromatic heterocycles. The average Bonchev–Trinajstić information content (AvgIpc) is 2.22. The van der Waals surface area contributed by atoms with Crippen molar-refractivity contribution in [2.24, 2.45) is 0 Å². The maximum atomic E-state index is 5.75. The van der Waals surface area contributed by atoms with Crippen LogP contribution in [0.2, 0.25) is 0 Å². The van der Waals surface area contributed by atoms with E-state index in [9.17, 15) is 0 Å². The van der Waals surface area contributed by atoms with Crippen LogP contribution >= 0.6 is 0 Å². The molecule has 1 aromatic rings. The lowest BCUT2D eigenvalue weighted by atomic mass is 10.2. The number of hydrogen-bond donors (Lipinski definition) is 2. The molecule has 0 aliphatic rings. The molecule has 0 saturated heterocycles. The van der Waals surface area contributed by atoms with Crippen molar-refractivity contribution in [1.29, 1.82) is 0 Å². The molecule has 3 heteroatoms. The van der Waals surface area contributed by atoms with Crippen LogP contribution in [0.25, 0.3) is 0 Å². The number of rotatable bonds is 5. The lowest BCUT2D eigenvalue weighted by molar-refractivity contribution is 0.957. The molecular weight excluding hydrogens is 186 g/mol. The highest BCUT2D eigenvalue weighted by Crippen LogP contribution is 2.22. The SMILES string of the molecule is C=CCN(CC=C)c1ccc(N)c(N)c1. The highest BCUT2D eigenvalue weighted by atomic mass is 15.1. The molecule has 0 radical (unpaired) electrons. The Morgan fingerprint density at radius 1 is 1.07 bits per heavy atom. The maximum absolute atomic E-state index is 5.75. The summed E-state index contributed by atoms with van der Waals surface area (Å²) in [5, 5.41) is 0. The van der Waals surface area contributed by atoms with Crippen molar-refractivity contribution in [3.8, 4) is 0 Å². The minimum Gasteiger partial charge on any atom is -0.397 e. The van der Waals surface area contributed by atoms with Crippen LogP contribution in [0.4, 0.5) is 17.1 Å². The lowest BCUT2D eigenvalue weighted by Gasteiger charge is -2.22. The summed E-state index contributed by atoms with van der Waals surface area (Å²) in [5.41, 5.74) is 13.6. The van der Waals surface area contributed by atoms with Crippen LogP contribution in [0.15, 0.2) is 43.5 Å². The second-order valence-corrected chi connectivity index (χ2v) is 3.30. The van der Waals surface area contributed by atoms with Crippen LogP contribution in [0, 0.1) is 0 Å². The molecule has 0 heterocycles. The minimum atomic E-state index is 0.602. The van der Waals surface area contributed by atoms with E-state index >= 15 is 0 Å². The van der Waals surface area contributed by atoms with Crippen LogP contribution in [-0.4, -0.2) is 13.1 Å². The largest absolute Gasteiger partial charge is 0.397 e. The molecule has 0 amide bonds. The van der Waals surface area contributed by atoms with E-state index in [0.29, 0.717) is 11.4 Å². The van der Waals surface area contributed by atoms with Gasteiger partial charge in [-0.25, -0.2) is 0 Å². The van der Waals surface area contributed by atoms with Gasteiger partial charge in [0.05, 0.1) is 11.4 Å². The molecule has 0 aliphatic carbocycles. The van der Waals surface area contributed by atoms with Crippen LogP contribution in [0.1, 0.15) is 0 Å². The van der Waals surface area contributed by atoms with Crippen molar-refractivity contribution in [3.05, 3.63) is 43.5 Å². The van der Waals surface area contributed by atoms with E-state index in [0.717, 1.165) is 18.8 Å². The van der Waals surface area contributed by atoms with Crippen molar-refractivity contribution in [1.82, 2.24) is 0 Å². The minimum absolute atomic E-state index is 0.602. The van der Waals surface area contributed by atoms with Gasteiger partial charge >= 0.3 is 0 Å². The van der Waals surface area contributed by atoms with E-state index in [2.05, 4.69) is 18.1 Å². The van der Waals surface area contributed by atoms with E-state index in [-0.39, 0.29) is 0 Å². The summed E-state index contributed by atoms with van der Waals surface area (Å²) in [7, 11) is 0. The molecule has 0 saturated carbocycles. The second kappa shape index (κ2) is 5.10. The summed E-state index contributed by atoms with van der Waals surface area (Å²) in [6.45, 7) is 8.95. The molecule has 0 fully saturated rings. The summed E-state index contributed by atoms with van der Waals surface area (Å²) in [6.07, 6.45) is 3.69.